The van der Waals surface area contributed by atoms with Gasteiger partial charge in [-0.3, -0.25) is 4.79 Å². The van der Waals surface area contributed by atoms with Crippen molar-refractivity contribution in [3.05, 3.63) is 0 Å². The van der Waals surface area contributed by atoms with Crippen LogP contribution in [-0.2, 0) is 19.1 Å². The zero-order chi connectivity index (χ0) is 12.4. The summed E-state index contributed by atoms with van der Waals surface area (Å²) in [5, 5.41) is 8.79. The highest BCUT2D eigenvalue weighted by atomic mass is 16.5. The minimum Gasteiger partial charge on any atom is -0.479 e. The Labute approximate surface area is 99.5 Å². The van der Waals surface area contributed by atoms with Gasteiger partial charge < -0.3 is 19.5 Å². The lowest BCUT2D eigenvalue weighted by Gasteiger charge is -2.25. The molecule has 3 unspecified atom stereocenters. The largest absolute Gasteiger partial charge is 0.479 e. The van der Waals surface area contributed by atoms with Gasteiger partial charge in [-0.15, -0.1) is 0 Å². The molecule has 6 nitrogen and oxygen atoms in total. The molecule has 2 aliphatic heterocycles. The van der Waals surface area contributed by atoms with E-state index in [-0.39, 0.29) is 11.9 Å². The molecule has 0 aliphatic carbocycles. The predicted octanol–water partition coefficient (Wildman–Crippen LogP) is -0.134. The minimum atomic E-state index is -0.993. The molecule has 0 aromatic rings. The van der Waals surface area contributed by atoms with Crippen LogP contribution in [0.5, 0.6) is 0 Å². The third kappa shape index (κ3) is 2.58. The molecule has 6 heteroatoms. The molecule has 3 atom stereocenters. The van der Waals surface area contributed by atoms with Crippen molar-refractivity contribution < 1.29 is 24.2 Å². The van der Waals surface area contributed by atoms with Crippen molar-refractivity contribution in [1.82, 2.24) is 4.90 Å². The fraction of sp³-hybridized carbons (Fsp3) is 0.818. The number of hydrogen-bond donors (Lipinski definition) is 1. The maximum absolute atomic E-state index is 12.1. The number of carbonyl (C=O) groups is 2. The van der Waals surface area contributed by atoms with Crippen molar-refractivity contribution in [2.45, 2.75) is 37.5 Å². The average Bonchev–Trinajstić information content (AvgIpc) is 2.97. The number of nitrogens with zero attached hydrogens (tertiary/aromatic N) is 1. The van der Waals surface area contributed by atoms with Crippen LogP contribution >= 0.6 is 0 Å². The highest BCUT2D eigenvalue weighted by Crippen LogP contribution is 2.23. The summed E-state index contributed by atoms with van der Waals surface area (Å²) in [5.41, 5.74) is 0. The zero-order valence-electron chi connectivity index (χ0n) is 9.80. The third-order valence-electron chi connectivity index (χ3n) is 3.37. The van der Waals surface area contributed by atoms with E-state index in [1.165, 1.54) is 0 Å². The summed E-state index contributed by atoms with van der Waals surface area (Å²) >= 11 is 0. The van der Waals surface area contributed by atoms with Gasteiger partial charge in [-0.1, -0.05) is 0 Å². The van der Waals surface area contributed by atoms with Crippen molar-refractivity contribution in [1.29, 1.82) is 0 Å². The molecule has 1 amide bonds. The van der Waals surface area contributed by atoms with Gasteiger partial charge in [0.1, 0.15) is 6.10 Å². The first-order valence-electron chi connectivity index (χ1n) is 5.82. The van der Waals surface area contributed by atoms with E-state index >= 15 is 0 Å². The van der Waals surface area contributed by atoms with Crippen molar-refractivity contribution >= 4 is 11.9 Å². The van der Waals surface area contributed by atoms with E-state index in [9.17, 15) is 9.59 Å². The standard InChI is InChI=1S/C11H17NO5/c1-12(7-4-5-16-6-7)10(13)8-2-3-9(17-8)11(14)15/h7-9H,2-6H2,1H3,(H,14,15). The quantitative estimate of drug-likeness (QED) is 0.747. The van der Waals surface area contributed by atoms with Crippen LogP contribution in [0, 0.1) is 0 Å². The van der Waals surface area contributed by atoms with Crippen LogP contribution in [0.4, 0.5) is 0 Å². The van der Waals surface area contributed by atoms with Crippen LogP contribution in [-0.4, -0.2) is 60.4 Å². The average molecular weight is 243 g/mol. The molecular weight excluding hydrogens is 226 g/mol. The van der Waals surface area contributed by atoms with Gasteiger partial charge in [0.25, 0.3) is 5.91 Å². The van der Waals surface area contributed by atoms with E-state index in [2.05, 4.69) is 0 Å². The van der Waals surface area contributed by atoms with Crippen LogP contribution < -0.4 is 0 Å². The van der Waals surface area contributed by atoms with E-state index in [1.54, 1.807) is 11.9 Å². The van der Waals surface area contributed by atoms with Crippen LogP contribution in [0.3, 0.4) is 0 Å². The molecule has 2 aliphatic rings. The molecule has 17 heavy (non-hydrogen) atoms. The number of ether oxygens (including phenoxy) is 2. The van der Waals surface area contributed by atoms with Crippen LogP contribution in [0.1, 0.15) is 19.3 Å². The van der Waals surface area contributed by atoms with Crippen molar-refractivity contribution in [3.8, 4) is 0 Å². The molecule has 96 valence electrons. The fourth-order valence-electron chi connectivity index (χ4n) is 2.24. The number of rotatable bonds is 3. The lowest BCUT2D eigenvalue weighted by molar-refractivity contribution is -0.155. The van der Waals surface area contributed by atoms with Crippen LogP contribution in [0.25, 0.3) is 0 Å². The van der Waals surface area contributed by atoms with Gasteiger partial charge in [0.2, 0.25) is 0 Å². The number of amides is 1. The molecule has 2 rings (SSSR count). The second-order valence-electron chi connectivity index (χ2n) is 4.50. The molecule has 2 saturated heterocycles. The van der Waals surface area contributed by atoms with Crippen molar-refractivity contribution in [2.24, 2.45) is 0 Å². The Balaban J connectivity index is 1.89. The number of carboxylic acid groups (broad SMARTS) is 1. The summed E-state index contributed by atoms with van der Waals surface area (Å²) in [7, 11) is 1.72. The van der Waals surface area contributed by atoms with Gasteiger partial charge in [0, 0.05) is 13.7 Å². The van der Waals surface area contributed by atoms with Crippen LogP contribution in [0.15, 0.2) is 0 Å². The number of carbonyl (C=O) groups excluding carboxylic acids is 1. The molecular formula is C11H17NO5. The fourth-order valence-corrected chi connectivity index (χ4v) is 2.24. The monoisotopic (exact) mass is 243 g/mol. The van der Waals surface area contributed by atoms with Crippen molar-refractivity contribution in [2.75, 3.05) is 20.3 Å². The maximum Gasteiger partial charge on any atom is 0.332 e. The summed E-state index contributed by atoms with van der Waals surface area (Å²) in [6, 6.07) is 0.0926. The van der Waals surface area contributed by atoms with E-state index < -0.39 is 18.2 Å². The molecule has 0 saturated carbocycles. The summed E-state index contributed by atoms with van der Waals surface area (Å²) in [6.07, 6.45) is 0.269. The zero-order valence-corrected chi connectivity index (χ0v) is 9.80. The van der Waals surface area contributed by atoms with E-state index in [0.717, 1.165) is 6.42 Å². The van der Waals surface area contributed by atoms with Gasteiger partial charge in [-0.25, -0.2) is 4.79 Å². The topological polar surface area (TPSA) is 76.1 Å². The van der Waals surface area contributed by atoms with Gasteiger partial charge in [-0.2, -0.15) is 0 Å². The number of carboxylic acids is 1. The normalized spacial score (nSPS) is 32.6. The third-order valence-corrected chi connectivity index (χ3v) is 3.37. The predicted molar refractivity (Wildman–Crippen MR) is 57.5 cm³/mol. The molecule has 2 fully saturated rings. The van der Waals surface area contributed by atoms with E-state index in [4.69, 9.17) is 14.6 Å². The second kappa shape index (κ2) is 5.01. The highest BCUT2D eigenvalue weighted by Gasteiger charge is 2.37. The number of hydrogen-bond acceptors (Lipinski definition) is 4. The molecule has 0 spiro atoms. The minimum absolute atomic E-state index is 0.0926. The lowest BCUT2D eigenvalue weighted by atomic mass is 10.1. The smallest absolute Gasteiger partial charge is 0.332 e. The molecule has 0 radical (unpaired) electrons. The second-order valence-corrected chi connectivity index (χ2v) is 4.50. The lowest BCUT2D eigenvalue weighted by Crippen LogP contribution is -2.43. The molecule has 2 heterocycles. The van der Waals surface area contributed by atoms with E-state index in [0.29, 0.717) is 26.1 Å². The summed E-state index contributed by atoms with van der Waals surface area (Å²) in [6.45, 7) is 1.23. The van der Waals surface area contributed by atoms with Gasteiger partial charge in [0.05, 0.1) is 12.6 Å². The Morgan fingerprint density at radius 3 is 2.47 bits per heavy atom. The maximum atomic E-state index is 12.1. The first-order chi connectivity index (χ1) is 8.09. The number of aliphatic carboxylic acids is 1. The number of likely N-dealkylation sites (N-methyl/N-ethyl adjacent to an activating group) is 1. The molecule has 0 aromatic heterocycles. The Bertz CT molecular complexity index is 313. The Morgan fingerprint density at radius 2 is 1.94 bits per heavy atom. The van der Waals surface area contributed by atoms with Gasteiger partial charge >= 0.3 is 5.97 Å². The van der Waals surface area contributed by atoms with Crippen LogP contribution in [0.2, 0.25) is 0 Å². The van der Waals surface area contributed by atoms with Crippen molar-refractivity contribution in [3.63, 3.8) is 0 Å². The molecule has 1 N–H and O–H groups in total. The Morgan fingerprint density at radius 1 is 1.24 bits per heavy atom. The SMILES string of the molecule is CN(C(=O)C1CCC(C(=O)O)O1)C1CCOC1. The van der Waals surface area contributed by atoms with Gasteiger partial charge in [-0.05, 0) is 19.3 Å². The summed E-state index contributed by atoms with van der Waals surface area (Å²) in [5.74, 6) is -1.13. The molecule has 0 bridgehead atoms. The first-order valence-corrected chi connectivity index (χ1v) is 5.82. The molecule has 0 aromatic carbocycles. The van der Waals surface area contributed by atoms with E-state index in [1.807, 2.05) is 0 Å². The summed E-state index contributed by atoms with van der Waals surface area (Å²) < 4.78 is 10.5. The first kappa shape index (κ1) is 12.3. The van der Waals surface area contributed by atoms with Gasteiger partial charge in [0.15, 0.2) is 6.10 Å². The summed E-state index contributed by atoms with van der Waals surface area (Å²) in [4.78, 5) is 24.4. The Hall–Kier alpha value is -1.14. The Kier molecular flexibility index (Phi) is 3.63. The highest BCUT2D eigenvalue weighted by molar-refractivity contribution is 5.82.